The molecule has 16 heavy (non-hydrogen) atoms. The van der Waals surface area contributed by atoms with Crippen molar-refractivity contribution in [2.24, 2.45) is 5.92 Å². The molecule has 2 unspecified atom stereocenters. The average molecular weight is 228 g/mol. The molecule has 0 aromatic heterocycles. The molecule has 0 bridgehead atoms. The third-order valence-corrected chi connectivity index (χ3v) is 2.34. The van der Waals surface area contributed by atoms with Crippen LogP contribution in [0.2, 0.25) is 0 Å². The van der Waals surface area contributed by atoms with Crippen LogP contribution in [-0.4, -0.2) is 23.8 Å². The van der Waals surface area contributed by atoms with Gasteiger partial charge in [0.25, 0.3) is 0 Å². The summed E-state index contributed by atoms with van der Waals surface area (Å²) in [6.45, 7) is 6.57. The molecule has 0 aliphatic heterocycles. The second kappa shape index (κ2) is 6.98. The molecule has 0 aromatic rings. The number of imide groups is 1. The van der Waals surface area contributed by atoms with Crippen LogP contribution in [0.3, 0.4) is 0 Å². The number of carbonyl (C=O) groups is 3. The maximum Gasteiger partial charge on any atom is 0.226 e. The van der Waals surface area contributed by atoms with E-state index in [0.29, 0.717) is 0 Å². The SMILES string of the molecule is CCC(NC(C)=O)C(C)CC(=O)NC(C)=O. The van der Waals surface area contributed by atoms with Gasteiger partial charge in [0, 0.05) is 26.3 Å². The Morgan fingerprint density at radius 3 is 2.06 bits per heavy atom. The monoisotopic (exact) mass is 228 g/mol. The molecule has 0 fully saturated rings. The topological polar surface area (TPSA) is 75.3 Å². The summed E-state index contributed by atoms with van der Waals surface area (Å²) in [4.78, 5) is 32.9. The number of carbonyl (C=O) groups excluding carboxylic acids is 3. The Morgan fingerprint density at radius 1 is 1.12 bits per heavy atom. The summed E-state index contributed by atoms with van der Waals surface area (Å²) >= 11 is 0. The van der Waals surface area contributed by atoms with E-state index in [1.807, 2.05) is 13.8 Å². The van der Waals surface area contributed by atoms with Gasteiger partial charge in [-0.15, -0.1) is 0 Å². The first-order chi connectivity index (χ1) is 7.36. The van der Waals surface area contributed by atoms with Gasteiger partial charge in [0.1, 0.15) is 0 Å². The Bertz CT molecular complexity index is 276. The summed E-state index contributed by atoms with van der Waals surface area (Å²) in [6.07, 6.45) is 0.993. The van der Waals surface area contributed by atoms with Gasteiger partial charge in [-0.2, -0.15) is 0 Å². The molecule has 2 atom stereocenters. The zero-order chi connectivity index (χ0) is 12.7. The molecule has 0 rings (SSSR count). The normalized spacial score (nSPS) is 13.8. The van der Waals surface area contributed by atoms with E-state index in [-0.39, 0.29) is 36.1 Å². The Hall–Kier alpha value is -1.39. The van der Waals surface area contributed by atoms with E-state index in [9.17, 15) is 14.4 Å². The van der Waals surface area contributed by atoms with Crippen molar-refractivity contribution in [2.45, 2.75) is 46.6 Å². The van der Waals surface area contributed by atoms with Gasteiger partial charge < -0.3 is 5.32 Å². The molecule has 5 heteroatoms. The van der Waals surface area contributed by atoms with E-state index in [2.05, 4.69) is 10.6 Å². The Labute approximate surface area is 96.0 Å². The van der Waals surface area contributed by atoms with Gasteiger partial charge >= 0.3 is 0 Å². The minimum Gasteiger partial charge on any atom is -0.353 e. The minimum atomic E-state index is -0.357. The molecular weight excluding hydrogens is 208 g/mol. The van der Waals surface area contributed by atoms with Crippen LogP contribution >= 0.6 is 0 Å². The van der Waals surface area contributed by atoms with Gasteiger partial charge in [-0.25, -0.2) is 0 Å². The number of nitrogens with one attached hydrogen (secondary N) is 2. The van der Waals surface area contributed by atoms with Crippen LogP contribution in [0.25, 0.3) is 0 Å². The largest absolute Gasteiger partial charge is 0.353 e. The number of rotatable bonds is 5. The van der Waals surface area contributed by atoms with Gasteiger partial charge in [0.2, 0.25) is 17.7 Å². The summed E-state index contributed by atoms with van der Waals surface area (Å²) in [5, 5.41) is 5.00. The summed E-state index contributed by atoms with van der Waals surface area (Å²) in [6, 6.07) is -0.0322. The highest BCUT2D eigenvalue weighted by molar-refractivity contribution is 5.94. The molecule has 0 aromatic carbocycles. The lowest BCUT2D eigenvalue weighted by Crippen LogP contribution is -2.40. The molecule has 5 nitrogen and oxygen atoms in total. The summed E-state index contributed by atoms with van der Waals surface area (Å²) in [5.41, 5.74) is 0. The first-order valence-corrected chi connectivity index (χ1v) is 5.44. The molecule has 0 aliphatic carbocycles. The predicted octanol–water partition coefficient (Wildman–Crippen LogP) is 0.590. The summed E-state index contributed by atoms with van der Waals surface area (Å²) in [5.74, 6) is -0.757. The fraction of sp³-hybridized carbons (Fsp3) is 0.727. The van der Waals surface area contributed by atoms with E-state index < -0.39 is 0 Å². The van der Waals surface area contributed by atoms with Crippen LogP contribution < -0.4 is 10.6 Å². The van der Waals surface area contributed by atoms with E-state index in [1.54, 1.807) is 0 Å². The van der Waals surface area contributed by atoms with Crippen LogP contribution in [0.5, 0.6) is 0 Å². The summed E-state index contributed by atoms with van der Waals surface area (Å²) < 4.78 is 0. The minimum absolute atomic E-state index is 0.00764. The number of hydrogen-bond acceptors (Lipinski definition) is 3. The molecule has 0 heterocycles. The first kappa shape index (κ1) is 14.6. The lowest BCUT2D eigenvalue weighted by atomic mass is 9.95. The zero-order valence-corrected chi connectivity index (χ0v) is 10.3. The quantitative estimate of drug-likeness (QED) is 0.723. The van der Waals surface area contributed by atoms with Crippen molar-refractivity contribution in [3.63, 3.8) is 0 Å². The molecule has 2 N–H and O–H groups in total. The van der Waals surface area contributed by atoms with Crippen molar-refractivity contribution in [3.8, 4) is 0 Å². The second-order valence-electron chi connectivity index (χ2n) is 4.00. The molecule has 0 aliphatic rings. The highest BCUT2D eigenvalue weighted by Crippen LogP contribution is 2.11. The standard InChI is InChI=1S/C11H20N2O3/c1-5-10(12-8(3)14)7(2)6-11(16)13-9(4)15/h7,10H,5-6H2,1-4H3,(H,12,14)(H,13,15,16). The van der Waals surface area contributed by atoms with Gasteiger partial charge in [-0.3, -0.25) is 19.7 Å². The maximum absolute atomic E-state index is 11.3. The fourth-order valence-electron chi connectivity index (χ4n) is 1.59. The molecule has 0 saturated carbocycles. The zero-order valence-electron chi connectivity index (χ0n) is 10.3. The van der Waals surface area contributed by atoms with Gasteiger partial charge in [-0.1, -0.05) is 13.8 Å². The van der Waals surface area contributed by atoms with Gasteiger partial charge in [0.05, 0.1) is 0 Å². The maximum atomic E-state index is 11.3. The Morgan fingerprint density at radius 2 is 1.69 bits per heavy atom. The van der Waals surface area contributed by atoms with E-state index in [0.717, 1.165) is 6.42 Å². The second-order valence-corrected chi connectivity index (χ2v) is 4.00. The molecule has 92 valence electrons. The van der Waals surface area contributed by atoms with Crippen molar-refractivity contribution in [3.05, 3.63) is 0 Å². The highest BCUT2D eigenvalue weighted by atomic mass is 16.2. The number of amides is 3. The van der Waals surface area contributed by atoms with Crippen molar-refractivity contribution in [1.82, 2.24) is 10.6 Å². The van der Waals surface area contributed by atoms with Gasteiger partial charge in [-0.05, 0) is 12.3 Å². The average Bonchev–Trinajstić information content (AvgIpc) is 2.11. The van der Waals surface area contributed by atoms with Crippen molar-refractivity contribution < 1.29 is 14.4 Å². The Balaban J connectivity index is 4.19. The first-order valence-electron chi connectivity index (χ1n) is 5.44. The predicted molar refractivity (Wildman–Crippen MR) is 60.5 cm³/mol. The lowest BCUT2D eigenvalue weighted by molar-refractivity contribution is -0.130. The van der Waals surface area contributed by atoms with Crippen molar-refractivity contribution in [2.75, 3.05) is 0 Å². The third kappa shape index (κ3) is 6.16. The van der Waals surface area contributed by atoms with Crippen LogP contribution in [0.4, 0.5) is 0 Å². The van der Waals surface area contributed by atoms with Crippen LogP contribution in [0.15, 0.2) is 0 Å². The van der Waals surface area contributed by atoms with Crippen LogP contribution in [0, 0.1) is 5.92 Å². The van der Waals surface area contributed by atoms with E-state index >= 15 is 0 Å². The van der Waals surface area contributed by atoms with Crippen molar-refractivity contribution >= 4 is 17.7 Å². The molecular formula is C11H20N2O3. The summed E-state index contributed by atoms with van der Waals surface area (Å²) in [7, 11) is 0. The molecule has 0 spiro atoms. The van der Waals surface area contributed by atoms with E-state index in [1.165, 1.54) is 13.8 Å². The number of hydrogen-bond donors (Lipinski definition) is 2. The third-order valence-electron chi connectivity index (χ3n) is 2.34. The Kier molecular flexibility index (Phi) is 6.37. The smallest absolute Gasteiger partial charge is 0.226 e. The van der Waals surface area contributed by atoms with Crippen LogP contribution in [-0.2, 0) is 14.4 Å². The lowest BCUT2D eigenvalue weighted by Gasteiger charge is -2.22. The van der Waals surface area contributed by atoms with Crippen molar-refractivity contribution in [1.29, 1.82) is 0 Å². The highest BCUT2D eigenvalue weighted by Gasteiger charge is 2.19. The molecule has 0 radical (unpaired) electrons. The van der Waals surface area contributed by atoms with Crippen LogP contribution in [0.1, 0.15) is 40.5 Å². The molecule has 0 saturated heterocycles. The van der Waals surface area contributed by atoms with Gasteiger partial charge in [0.15, 0.2) is 0 Å². The van der Waals surface area contributed by atoms with E-state index in [4.69, 9.17) is 0 Å². The fourth-order valence-corrected chi connectivity index (χ4v) is 1.59. The molecule has 3 amide bonds.